The number of carbonyl (C=O) groups is 1. The normalized spacial score (nSPS) is 13.6. The maximum atomic E-state index is 12.4. The molecule has 142 valence electrons. The summed E-state index contributed by atoms with van der Waals surface area (Å²) in [6.45, 7) is -1.45. The van der Waals surface area contributed by atoms with Crippen molar-refractivity contribution in [2.45, 2.75) is 29.3 Å². The fraction of sp³-hybridized carbons (Fsp3) is 0.417. The molecule has 0 heterocycles. The number of halogens is 6. The van der Waals surface area contributed by atoms with E-state index in [1.165, 1.54) is 0 Å². The van der Waals surface area contributed by atoms with E-state index in [0.29, 0.717) is 6.07 Å². The second kappa shape index (κ2) is 6.80. The van der Waals surface area contributed by atoms with E-state index < -0.39 is 57.5 Å². The number of esters is 1. The van der Waals surface area contributed by atoms with Gasteiger partial charge in [-0.1, -0.05) is 6.07 Å². The standard InChI is InChI=1S/C12H10F6O6S/c13-11(14,15)10(20,12(16,17)18)4-5-24-9(19)7-2-1-3-8(6-7)25(21,22)23/h1-3,6,20H,4-5H2,(H,21,22,23). The number of aliphatic hydroxyl groups is 1. The first-order chi connectivity index (χ1) is 11.1. The summed E-state index contributed by atoms with van der Waals surface area (Å²) in [5.74, 6) is -1.45. The fourth-order valence-corrected chi connectivity index (χ4v) is 2.13. The Bertz CT molecular complexity index is 725. The van der Waals surface area contributed by atoms with E-state index >= 15 is 0 Å². The summed E-state index contributed by atoms with van der Waals surface area (Å²) in [6, 6.07) is 3.44. The van der Waals surface area contributed by atoms with Crippen molar-refractivity contribution in [2.75, 3.05) is 6.61 Å². The van der Waals surface area contributed by atoms with Gasteiger partial charge in [-0.15, -0.1) is 0 Å². The van der Waals surface area contributed by atoms with Crippen molar-refractivity contribution in [1.82, 2.24) is 0 Å². The third-order valence-corrected chi connectivity index (χ3v) is 3.85. The van der Waals surface area contributed by atoms with Crippen LogP contribution >= 0.6 is 0 Å². The molecule has 0 bridgehead atoms. The average Bonchev–Trinajstić information content (AvgIpc) is 2.43. The molecule has 0 fully saturated rings. The van der Waals surface area contributed by atoms with Gasteiger partial charge in [0.25, 0.3) is 15.7 Å². The number of hydrogen-bond acceptors (Lipinski definition) is 5. The number of rotatable bonds is 5. The molecule has 1 rings (SSSR count). The Morgan fingerprint density at radius 1 is 1.08 bits per heavy atom. The molecule has 0 radical (unpaired) electrons. The van der Waals surface area contributed by atoms with E-state index in [2.05, 4.69) is 4.74 Å². The van der Waals surface area contributed by atoms with E-state index in [4.69, 9.17) is 9.66 Å². The molecule has 13 heteroatoms. The topological polar surface area (TPSA) is 101 Å². The van der Waals surface area contributed by atoms with Crippen molar-refractivity contribution in [3.05, 3.63) is 29.8 Å². The Hall–Kier alpha value is -1.86. The fourth-order valence-electron chi connectivity index (χ4n) is 1.60. The van der Waals surface area contributed by atoms with Crippen molar-refractivity contribution < 1.29 is 54.0 Å². The van der Waals surface area contributed by atoms with Gasteiger partial charge >= 0.3 is 18.3 Å². The Labute approximate surface area is 136 Å². The third-order valence-electron chi connectivity index (χ3n) is 3.00. The van der Waals surface area contributed by atoms with Crippen LogP contribution in [-0.2, 0) is 14.9 Å². The van der Waals surface area contributed by atoms with E-state index in [0.717, 1.165) is 18.2 Å². The molecule has 0 aliphatic rings. The van der Waals surface area contributed by atoms with Crippen LogP contribution in [-0.4, -0.2) is 48.6 Å². The summed E-state index contributed by atoms with van der Waals surface area (Å²) in [6.07, 6.45) is -14.1. The predicted molar refractivity (Wildman–Crippen MR) is 68.2 cm³/mol. The Balaban J connectivity index is 2.87. The molecule has 2 N–H and O–H groups in total. The molecule has 0 aromatic heterocycles. The van der Waals surface area contributed by atoms with E-state index in [1.807, 2.05) is 0 Å². The summed E-state index contributed by atoms with van der Waals surface area (Å²) >= 11 is 0. The summed E-state index contributed by atoms with van der Waals surface area (Å²) < 4.78 is 109. The lowest BCUT2D eigenvalue weighted by atomic mass is 9.99. The molecule has 0 atom stereocenters. The molecule has 0 saturated carbocycles. The Morgan fingerprint density at radius 2 is 1.60 bits per heavy atom. The lowest BCUT2D eigenvalue weighted by Gasteiger charge is -2.31. The molecular weight excluding hydrogens is 386 g/mol. The number of benzene rings is 1. The lowest BCUT2D eigenvalue weighted by Crippen LogP contribution is -2.57. The third kappa shape index (κ3) is 4.83. The number of carbonyl (C=O) groups excluding carboxylic acids is 1. The smallest absolute Gasteiger partial charge is 0.426 e. The minimum absolute atomic E-state index is 0.544. The van der Waals surface area contributed by atoms with Crippen LogP contribution in [0.3, 0.4) is 0 Å². The van der Waals surface area contributed by atoms with Gasteiger partial charge in [0.05, 0.1) is 17.1 Å². The SMILES string of the molecule is O=C(OCCC(O)(C(F)(F)F)C(F)(F)F)c1cccc(S(=O)(=O)O)c1. The molecule has 1 aromatic carbocycles. The second-order valence-electron chi connectivity index (χ2n) is 4.74. The van der Waals surface area contributed by atoms with Gasteiger partial charge in [-0.05, 0) is 18.2 Å². The average molecular weight is 396 g/mol. The highest BCUT2D eigenvalue weighted by Gasteiger charge is 2.70. The highest BCUT2D eigenvalue weighted by Crippen LogP contribution is 2.45. The molecule has 25 heavy (non-hydrogen) atoms. The van der Waals surface area contributed by atoms with Gasteiger partial charge in [0.2, 0.25) is 0 Å². The van der Waals surface area contributed by atoms with Crippen molar-refractivity contribution in [3.8, 4) is 0 Å². The monoisotopic (exact) mass is 396 g/mol. The first-order valence-corrected chi connectivity index (χ1v) is 7.64. The summed E-state index contributed by atoms with van der Waals surface area (Å²) in [5.41, 5.74) is -5.62. The zero-order valence-corrected chi connectivity index (χ0v) is 12.7. The summed E-state index contributed by atoms with van der Waals surface area (Å²) in [5, 5.41) is 8.86. The van der Waals surface area contributed by atoms with Gasteiger partial charge in [-0.2, -0.15) is 34.8 Å². The highest BCUT2D eigenvalue weighted by molar-refractivity contribution is 7.85. The van der Waals surface area contributed by atoms with Crippen molar-refractivity contribution >= 4 is 16.1 Å². The van der Waals surface area contributed by atoms with Gasteiger partial charge < -0.3 is 9.84 Å². The van der Waals surface area contributed by atoms with Crippen molar-refractivity contribution in [1.29, 1.82) is 0 Å². The Morgan fingerprint density at radius 3 is 2.04 bits per heavy atom. The molecule has 1 aromatic rings. The van der Waals surface area contributed by atoms with Crippen LogP contribution in [0, 0.1) is 0 Å². The predicted octanol–water partition coefficient (Wildman–Crippen LogP) is 2.34. The zero-order chi connectivity index (χ0) is 19.7. The molecular formula is C12H10F6O6S. The summed E-state index contributed by atoms with van der Waals surface area (Å²) in [7, 11) is -4.69. The lowest BCUT2D eigenvalue weighted by molar-refractivity contribution is -0.371. The zero-order valence-electron chi connectivity index (χ0n) is 11.9. The van der Waals surface area contributed by atoms with E-state index in [9.17, 15) is 39.6 Å². The van der Waals surface area contributed by atoms with Crippen LogP contribution in [0.1, 0.15) is 16.8 Å². The van der Waals surface area contributed by atoms with Gasteiger partial charge in [0.15, 0.2) is 0 Å². The van der Waals surface area contributed by atoms with Crippen LogP contribution in [0.4, 0.5) is 26.3 Å². The quantitative estimate of drug-likeness (QED) is 0.450. The molecule has 0 amide bonds. The molecule has 0 aliphatic heterocycles. The van der Waals surface area contributed by atoms with Gasteiger partial charge in [-0.25, -0.2) is 4.79 Å². The van der Waals surface area contributed by atoms with Gasteiger partial charge in [-0.3, -0.25) is 4.55 Å². The van der Waals surface area contributed by atoms with E-state index in [1.54, 1.807) is 0 Å². The van der Waals surface area contributed by atoms with Crippen molar-refractivity contribution in [3.63, 3.8) is 0 Å². The first-order valence-electron chi connectivity index (χ1n) is 6.20. The maximum Gasteiger partial charge on any atom is 0.426 e. The minimum atomic E-state index is -6.05. The van der Waals surface area contributed by atoms with Crippen LogP contribution in [0.25, 0.3) is 0 Å². The molecule has 0 unspecified atom stereocenters. The largest absolute Gasteiger partial charge is 0.462 e. The summed E-state index contributed by atoms with van der Waals surface area (Å²) in [4.78, 5) is 10.8. The molecule has 0 aliphatic carbocycles. The number of alkyl halides is 6. The van der Waals surface area contributed by atoms with E-state index in [-0.39, 0.29) is 0 Å². The second-order valence-corrected chi connectivity index (χ2v) is 6.17. The van der Waals surface area contributed by atoms with Gasteiger partial charge in [0, 0.05) is 6.42 Å². The minimum Gasteiger partial charge on any atom is -0.462 e. The molecule has 6 nitrogen and oxygen atoms in total. The number of ether oxygens (including phenoxy) is 1. The molecule has 0 saturated heterocycles. The highest BCUT2D eigenvalue weighted by atomic mass is 32.2. The van der Waals surface area contributed by atoms with Crippen LogP contribution in [0.2, 0.25) is 0 Å². The van der Waals surface area contributed by atoms with Crippen LogP contribution in [0.5, 0.6) is 0 Å². The van der Waals surface area contributed by atoms with Crippen LogP contribution in [0.15, 0.2) is 29.2 Å². The number of hydrogen-bond donors (Lipinski definition) is 2. The molecule has 0 spiro atoms. The first kappa shape index (κ1) is 21.2. The maximum absolute atomic E-state index is 12.4. The Kier molecular flexibility index (Phi) is 5.76. The van der Waals surface area contributed by atoms with Crippen molar-refractivity contribution in [2.24, 2.45) is 0 Å². The van der Waals surface area contributed by atoms with Crippen LogP contribution < -0.4 is 0 Å². The van der Waals surface area contributed by atoms with Gasteiger partial charge in [0.1, 0.15) is 0 Å².